The van der Waals surface area contributed by atoms with Crippen molar-refractivity contribution in [1.29, 1.82) is 5.26 Å². The SMILES string of the molecule is CCOC(=O)C1=C(C)OC(N)=C(C#N)C1c1ccc(F)cc1C#Cc1ccccc1. The topological polar surface area (TPSA) is 85.3 Å². The Hall–Kier alpha value is -4.03. The number of benzene rings is 2. The van der Waals surface area contributed by atoms with E-state index in [2.05, 4.69) is 11.8 Å². The number of ether oxygens (including phenoxy) is 2. The molecule has 0 radical (unpaired) electrons. The van der Waals surface area contributed by atoms with Crippen LogP contribution in [0.1, 0.15) is 36.5 Å². The van der Waals surface area contributed by atoms with Crippen LogP contribution in [0, 0.1) is 29.0 Å². The molecule has 1 aliphatic rings. The van der Waals surface area contributed by atoms with Crippen molar-refractivity contribution in [2.75, 3.05) is 6.61 Å². The molecule has 1 heterocycles. The summed E-state index contributed by atoms with van der Waals surface area (Å²) in [5.74, 6) is 4.04. The van der Waals surface area contributed by atoms with Gasteiger partial charge in [-0.15, -0.1) is 0 Å². The summed E-state index contributed by atoms with van der Waals surface area (Å²) in [4.78, 5) is 12.7. The van der Waals surface area contributed by atoms with Crippen LogP contribution in [0.4, 0.5) is 4.39 Å². The van der Waals surface area contributed by atoms with Gasteiger partial charge >= 0.3 is 5.97 Å². The van der Waals surface area contributed by atoms with Crippen LogP contribution >= 0.6 is 0 Å². The summed E-state index contributed by atoms with van der Waals surface area (Å²) >= 11 is 0. The van der Waals surface area contributed by atoms with E-state index in [1.807, 2.05) is 36.4 Å². The normalized spacial score (nSPS) is 15.6. The molecule has 0 fully saturated rings. The van der Waals surface area contributed by atoms with Gasteiger partial charge in [0.1, 0.15) is 23.2 Å². The van der Waals surface area contributed by atoms with E-state index in [1.54, 1.807) is 13.8 Å². The summed E-state index contributed by atoms with van der Waals surface area (Å²) in [5.41, 5.74) is 7.64. The Kier molecular flexibility index (Phi) is 6.20. The summed E-state index contributed by atoms with van der Waals surface area (Å²) in [6, 6.07) is 15.2. The standard InChI is InChI=1S/C24H19FN2O3/c1-3-29-24(28)21-15(2)30-23(27)20(14-26)22(21)19-12-11-18(25)13-17(19)10-9-16-7-5-4-6-8-16/h4-8,11-13,22H,3,27H2,1-2H3. The first-order valence-corrected chi connectivity index (χ1v) is 9.28. The van der Waals surface area contributed by atoms with Gasteiger partial charge in [-0.2, -0.15) is 5.26 Å². The molecule has 30 heavy (non-hydrogen) atoms. The fourth-order valence-electron chi connectivity index (χ4n) is 3.22. The largest absolute Gasteiger partial charge is 0.463 e. The summed E-state index contributed by atoms with van der Waals surface area (Å²) < 4.78 is 24.6. The molecular weight excluding hydrogens is 383 g/mol. The quantitative estimate of drug-likeness (QED) is 0.622. The van der Waals surface area contributed by atoms with Gasteiger partial charge in [0.2, 0.25) is 5.88 Å². The molecule has 0 bridgehead atoms. The van der Waals surface area contributed by atoms with E-state index in [9.17, 15) is 14.4 Å². The molecule has 1 atom stereocenters. The highest BCUT2D eigenvalue weighted by molar-refractivity contribution is 5.92. The van der Waals surface area contributed by atoms with E-state index in [0.717, 1.165) is 5.56 Å². The van der Waals surface area contributed by atoms with Crippen LogP contribution in [0.25, 0.3) is 0 Å². The lowest BCUT2D eigenvalue weighted by molar-refractivity contribution is -0.139. The molecule has 6 heteroatoms. The minimum absolute atomic E-state index is 0.0398. The Morgan fingerprint density at radius 2 is 1.97 bits per heavy atom. The van der Waals surface area contributed by atoms with Gasteiger partial charge in [-0.1, -0.05) is 36.1 Å². The van der Waals surface area contributed by atoms with E-state index in [1.165, 1.54) is 18.2 Å². The number of hydrogen-bond acceptors (Lipinski definition) is 5. The zero-order valence-corrected chi connectivity index (χ0v) is 16.5. The number of hydrogen-bond donors (Lipinski definition) is 1. The molecule has 1 unspecified atom stereocenters. The van der Waals surface area contributed by atoms with Crippen LogP contribution < -0.4 is 5.73 Å². The van der Waals surface area contributed by atoms with Crippen molar-refractivity contribution in [2.45, 2.75) is 19.8 Å². The molecule has 1 aliphatic heterocycles. The van der Waals surface area contributed by atoms with Crippen LogP contribution in [0.3, 0.4) is 0 Å². The number of nitrogens with two attached hydrogens (primary N) is 1. The Balaban J connectivity index is 2.20. The molecule has 2 N–H and O–H groups in total. The van der Waals surface area contributed by atoms with Crippen molar-refractivity contribution in [1.82, 2.24) is 0 Å². The van der Waals surface area contributed by atoms with Crippen molar-refractivity contribution in [3.05, 3.63) is 93.8 Å². The highest BCUT2D eigenvalue weighted by atomic mass is 19.1. The number of rotatable bonds is 3. The molecule has 0 aliphatic carbocycles. The lowest BCUT2D eigenvalue weighted by Crippen LogP contribution is -2.26. The molecule has 150 valence electrons. The van der Waals surface area contributed by atoms with Gasteiger partial charge in [0.15, 0.2) is 0 Å². The second kappa shape index (κ2) is 8.98. The van der Waals surface area contributed by atoms with Crippen molar-refractivity contribution in [3.63, 3.8) is 0 Å². The Bertz CT molecular complexity index is 1150. The van der Waals surface area contributed by atoms with Gasteiger partial charge in [-0.05, 0) is 43.7 Å². The fourth-order valence-corrected chi connectivity index (χ4v) is 3.22. The van der Waals surface area contributed by atoms with Crippen LogP contribution in [-0.4, -0.2) is 12.6 Å². The minimum atomic E-state index is -0.886. The lowest BCUT2D eigenvalue weighted by atomic mass is 9.81. The second-order valence-electron chi connectivity index (χ2n) is 6.46. The molecule has 0 saturated carbocycles. The average molecular weight is 402 g/mol. The fraction of sp³-hybridized carbons (Fsp3) is 0.167. The van der Waals surface area contributed by atoms with Gasteiger partial charge in [0, 0.05) is 11.1 Å². The first kappa shape index (κ1) is 20.7. The second-order valence-corrected chi connectivity index (χ2v) is 6.46. The molecular formula is C24H19FN2O3. The van der Waals surface area contributed by atoms with Gasteiger partial charge in [-0.3, -0.25) is 0 Å². The minimum Gasteiger partial charge on any atom is -0.463 e. The molecule has 0 amide bonds. The van der Waals surface area contributed by atoms with Crippen LogP contribution in [0.15, 0.2) is 71.3 Å². The Labute approximate surface area is 174 Å². The van der Waals surface area contributed by atoms with Crippen molar-refractivity contribution < 1.29 is 18.7 Å². The number of nitrogens with zero attached hydrogens (tertiary/aromatic N) is 1. The van der Waals surface area contributed by atoms with Crippen LogP contribution in [0.5, 0.6) is 0 Å². The Morgan fingerprint density at radius 1 is 1.23 bits per heavy atom. The van der Waals surface area contributed by atoms with E-state index in [-0.39, 0.29) is 29.4 Å². The number of allylic oxidation sites excluding steroid dienone is 2. The van der Waals surface area contributed by atoms with Crippen molar-refractivity contribution in [3.8, 4) is 17.9 Å². The molecule has 0 saturated heterocycles. The molecule has 2 aromatic carbocycles. The van der Waals surface area contributed by atoms with Crippen LogP contribution in [-0.2, 0) is 14.3 Å². The summed E-state index contributed by atoms with van der Waals surface area (Å²) in [6.45, 7) is 3.39. The number of carbonyl (C=O) groups is 1. The maximum Gasteiger partial charge on any atom is 0.338 e. The summed E-state index contributed by atoms with van der Waals surface area (Å²) in [5, 5.41) is 9.71. The van der Waals surface area contributed by atoms with E-state index < -0.39 is 17.7 Å². The number of halogens is 1. The molecule has 2 aromatic rings. The molecule has 0 aromatic heterocycles. The Morgan fingerprint density at radius 3 is 2.63 bits per heavy atom. The molecule has 3 rings (SSSR count). The summed E-state index contributed by atoms with van der Waals surface area (Å²) in [6.07, 6.45) is 0. The third-order valence-electron chi connectivity index (χ3n) is 4.54. The maximum absolute atomic E-state index is 14.1. The van der Waals surface area contributed by atoms with Gasteiger partial charge in [0.25, 0.3) is 0 Å². The molecule has 5 nitrogen and oxygen atoms in total. The number of carbonyl (C=O) groups excluding carboxylic acids is 1. The van der Waals surface area contributed by atoms with E-state index >= 15 is 0 Å². The van der Waals surface area contributed by atoms with E-state index in [0.29, 0.717) is 11.1 Å². The maximum atomic E-state index is 14.1. The van der Waals surface area contributed by atoms with Crippen LogP contribution in [0.2, 0.25) is 0 Å². The van der Waals surface area contributed by atoms with E-state index in [4.69, 9.17) is 15.2 Å². The average Bonchev–Trinajstić information content (AvgIpc) is 2.73. The predicted molar refractivity (Wildman–Crippen MR) is 109 cm³/mol. The van der Waals surface area contributed by atoms with Crippen molar-refractivity contribution >= 4 is 5.97 Å². The zero-order valence-electron chi connectivity index (χ0n) is 16.5. The summed E-state index contributed by atoms with van der Waals surface area (Å²) in [7, 11) is 0. The predicted octanol–water partition coefficient (Wildman–Crippen LogP) is 3.87. The number of esters is 1. The highest BCUT2D eigenvalue weighted by Crippen LogP contribution is 2.40. The van der Waals surface area contributed by atoms with Gasteiger partial charge in [0.05, 0.1) is 18.1 Å². The third kappa shape index (κ3) is 4.19. The number of nitriles is 1. The van der Waals surface area contributed by atoms with Crippen molar-refractivity contribution in [2.24, 2.45) is 5.73 Å². The smallest absolute Gasteiger partial charge is 0.338 e. The monoisotopic (exact) mass is 402 g/mol. The first-order valence-electron chi connectivity index (χ1n) is 9.28. The first-order chi connectivity index (χ1) is 14.5. The van der Waals surface area contributed by atoms with Gasteiger partial charge in [-0.25, -0.2) is 9.18 Å². The zero-order chi connectivity index (χ0) is 21.7. The molecule has 0 spiro atoms. The lowest BCUT2D eigenvalue weighted by Gasteiger charge is -2.27. The third-order valence-corrected chi connectivity index (χ3v) is 4.54. The van der Waals surface area contributed by atoms with Gasteiger partial charge < -0.3 is 15.2 Å². The highest BCUT2D eigenvalue weighted by Gasteiger charge is 2.37.